The molecular weight excluding hydrogens is 506 g/mol. The van der Waals surface area contributed by atoms with E-state index in [1.54, 1.807) is 13.8 Å². The van der Waals surface area contributed by atoms with Crippen LogP contribution in [0.2, 0.25) is 0 Å². The second-order valence-corrected chi connectivity index (χ2v) is 9.12. The fourth-order valence-electron chi connectivity index (χ4n) is 4.82. The molecule has 2 nitrogen and oxygen atoms in total. The number of halogens is 6. The average Bonchev–Trinajstić information content (AvgIpc) is 2.92. The van der Waals surface area contributed by atoms with Gasteiger partial charge in [0, 0.05) is 11.1 Å². The van der Waals surface area contributed by atoms with Crippen LogP contribution in [0.15, 0.2) is 48.0 Å². The molecule has 0 fully saturated rings. The largest absolute Gasteiger partial charge is 0.491 e. The van der Waals surface area contributed by atoms with Crippen LogP contribution in [0.25, 0.3) is 11.1 Å². The third-order valence-electron chi connectivity index (χ3n) is 6.84. The maximum atomic E-state index is 15.1. The molecule has 202 valence electrons. The fourth-order valence-corrected chi connectivity index (χ4v) is 4.82. The highest BCUT2D eigenvalue weighted by Crippen LogP contribution is 2.39. The Morgan fingerprint density at radius 3 is 1.84 bits per heavy atom. The molecule has 0 amide bonds. The van der Waals surface area contributed by atoms with Crippen LogP contribution in [0.1, 0.15) is 56.6 Å². The van der Waals surface area contributed by atoms with Crippen LogP contribution in [0.3, 0.4) is 0 Å². The lowest BCUT2D eigenvalue weighted by Gasteiger charge is -2.23. The standard InChI is InChI=1S/C30H28F6O2/c1-3-37-23-15-11-19(25(31)29(23)35)10-7-17-5-8-18(9-6-17)20-12-13-21(27(33)26(20)32)22-14-16-24(38-4-2)30(36)28(22)34/h5,11-16,18H,3-4,6-10H2,1-2H3. The molecule has 0 aliphatic heterocycles. The van der Waals surface area contributed by atoms with Crippen LogP contribution < -0.4 is 9.47 Å². The summed E-state index contributed by atoms with van der Waals surface area (Å²) in [6.07, 6.45) is 4.30. The van der Waals surface area contributed by atoms with Crippen LogP contribution in [-0.4, -0.2) is 13.2 Å². The van der Waals surface area contributed by atoms with E-state index in [1.165, 1.54) is 30.3 Å². The first-order valence-corrected chi connectivity index (χ1v) is 12.6. The summed E-state index contributed by atoms with van der Waals surface area (Å²) in [5, 5.41) is 0. The van der Waals surface area contributed by atoms with Gasteiger partial charge in [-0.25, -0.2) is 17.6 Å². The maximum Gasteiger partial charge on any atom is 0.201 e. The van der Waals surface area contributed by atoms with E-state index in [1.807, 2.05) is 6.08 Å². The highest BCUT2D eigenvalue weighted by Gasteiger charge is 2.25. The first kappa shape index (κ1) is 27.6. The Kier molecular flexibility index (Phi) is 8.69. The van der Waals surface area contributed by atoms with E-state index in [2.05, 4.69) is 0 Å². The van der Waals surface area contributed by atoms with Crippen LogP contribution >= 0.6 is 0 Å². The zero-order valence-electron chi connectivity index (χ0n) is 21.2. The first-order chi connectivity index (χ1) is 18.3. The van der Waals surface area contributed by atoms with Gasteiger partial charge in [-0.1, -0.05) is 29.8 Å². The van der Waals surface area contributed by atoms with Crippen molar-refractivity contribution in [2.24, 2.45) is 0 Å². The van der Waals surface area contributed by atoms with E-state index in [0.717, 1.165) is 11.6 Å². The van der Waals surface area contributed by atoms with Crippen molar-refractivity contribution in [3.63, 3.8) is 0 Å². The molecule has 1 atom stereocenters. The third-order valence-corrected chi connectivity index (χ3v) is 6.84. The lowest BCUT2D eigenvalue weighted by atomic mass is 9.82. The highest BCUT2D eigenvalue weighted by atomic mass is 19.2. The van der Waals surface area contributed by atoms with Crippen molar-refractivity contribution < 1.29 is 35.8 Å². The minimum absolute atomic E-state index is 0.121. The van der Waals surface area contributed by atoms with E-state index in [9.17, 15) is 17.6 Å². The molecule has 4 rings (SSSR count). The zero-order chi connectivity index (χ0) is 27.4. The molecule has 1 aliphatic rings. The van der Waals surface area contributed by atoms with Gasteiger partial charge in [-0.3, -0.25) is 0 Å². The maximum absolute atomic E-state index is 15.1. The first-order valence-electron chi connectivity index (χ1n) is 12.6. The number of hydrogen-bond acceptors (Lipinski definition) is 2. The zero-order valence-corrected chi connectivity index (χ0v) is 21.2. The third kappa shape index (κ3) is 5.54. The summed E-state index contributed by atoms with van der Waals surface area (Å²) in [4.78, 5) is 0. The molecule has 0 heterocycles. The average molecular weight is 535 g/mol. The molecule has 0 saturated heterocycles. The SMILES string of the molecule is CCOc1ccc(CCC2=CCC(c3ccc(-c4ccc(OCC)c(F)c4F)c(F)c3F)CC2)c(F)c1F. The minimum Gasteiger partial charge on any atom is -0.491 e. The second kappa shape index (κ2) is 12.0. The van der Waals surface area contributed by atoms with E-state index in [4.69, 9.17) is 9.47 Å². The van der Waals surface area contributed by atoms with Crippen LogP contribution in [0, 0.1) is 34.9 Å². The van der Waals surface area contributed by atoms with Gasteiger partial charge in [-0.05, 0) is 81.2 Å². The Labute approximate surface area is 217 Å². The summed E-state index contributed by atoms with van der Waals surface area (Å²) in [6.45, 7) is 3.66. The van der Waals surface area contributed by atoms with Gasteiger partial charge in [0.25, 0.3) is 0 Å². The molecule has 0 radical (unpaired) electrons. The van der Waals surface area contributed by atoms with Gasteiger partial charge < -0.3 is 9.47 Å². The molecule has 8 heteroatoms. The van der Waals surface area contributed by atoms with Crippen molar-refractivity contribution in [1.29, 1.82) is 0 Å². The van der Waals surface area contributed by atoms with Gasteiger partial charge >= 0.3 is 0 Å². The molecule has 0 spiro atoms. The normalized spacial score (nSPS) is 15.4. The van der Waals surface area contributed by atoms with Gasteiger partial charge in [-0.2, -0.15) is 8.78 Å². The summed E-state index contributed by atoms with van der Waals surface area (Å²) in [5.41, 5.74) is 0.669. The summed E-state index contributed by atoms with van der Waals surface area (Å²) < 4.78 is 97.5. The van der Waals surface area contributed by atoms with E-state index in [-0.39, 0.29) is 47.3 Å². The molecule has 0 saturated carbocycles. The van der Waals surface area contributed by atoms with Crippen molar-refractivity contribution >= 4 is 0 Å². The van der Waals surface area contributed by atoms with Crippen molar-refractivity contribution in [2.45, 2.75) is 51.9 Å². The Hall–Kier alpha value is -3.42. The van der Waals surface area contributed by atoms with Crippen molar-refractivity contribution in [3.8, 4) is 22.6 Å². The lowest BCUT2D eigenvalue weighted by Crippen LogP contribution is -2.09. The van der Waals surface area contributed by atoms with Gasteiger partial charge in [0.2, 0.25) is 11.6 Å². The minimum atomic E-state index is -1.31. The van der Waals surface area contributed by atoms with Gasteiger partial charge in [0.05, 0.1) is 13.2 Å². The Morgan fingerprint density at radius 2 is 1.24 bits per heavy atom. The smallest absolute Gasteiger partial charge is 0.201 e. The molecule has 3 aromatic rings. The fraction of sp³-hybridized carbons (Fsp3) is 0.333. The van der Waals surface area contributed by atoms with Gasteiger partial charge in [-0.15, -0.1) is 0 Å². The summed E-state index contributed by atoms with van der Waals surface area (Å²) in [6, 6.07) is 7.93. The molecule has 1 aliphatic carbocycles. The Bertz CT molecular complexity index is 1350. The number of benzene rings is 3. The van der Waals surface area contributed by atoms with Crippen LogP contribution in [0.4, 0.5) is 26.3 Å². The molecule has 0 bridgehead atoms. The highest BCUT2D eigenvalue weighted by molar-refractivity contribution is 5.67. The number of hydrogen-bond donors (Lipinski definition) is 0. The summed E-state index contributed by atoms with van der Waals surface area (Å²) in [7, 11) is 0. The number of rotatable bonds is 9. The Morgan fingerprint density at radius 1 is 0.658 bits per heavy atom. The van der Waals surface area contributed by atoms with E-state index in [0.29, 0.717) is 32.1 Å². The lowest BCUT2D eigenvalue weighted by molar-refractivity contribution is 0.313. The predicted molar refractivity (Wildman–Crippen MR) is 133 cm³/mol. The van der Waals surface area contributed by atoms with E-state index >= 15 is 8.78 Å². The van der Waals surface area contributed by atoms with Crippen molar-refractivity contribution in [3.05, 3.63) is 94.1 Å². The topological polar surface area (TPSA) is 18.5 Å². The summed E-state index contributed by atoms with van der Waals surface area (Å²) >= 11 is 0. The van der Waals surface area contributed by atoms with Gasteiger partial charge in [0.15, 0.2) is 34.8 Å². The van der Waals surface area contributed by atoms with Crippen LogP contribution in [-0.2, 0) is 6.42 Å². The van der Waals surface area contributed by atoms with Crippen molar-refractivity contribution in [2.75, 3.05) is 13.2 Å². The molecule has 38 heavy (non-hydrogen) atoms. The number of aryl methyl sites for hydroxylation is 1. The Balaban J connectivity index is 1.46. The predicted octanol–water partition coefficient (Wildman–Crippen LogP) is 8.81. The number of ether oxygens (including phenoxy) is 2. The summed E-state index contributed by atoms with van der Waals surface area (Å²) in [5.74, 6) is -7.55. The van der Waals surface area contributed by atoms with E-state index < -0.39 is 40.5 Å². The second-order valence-electron chi connectivity index (χ2n) is 9.12. The molecule has 0 aromatic heterocycles. The van der Waals surface area contributed by atoms with Crippen LogP contribution in [0.5, 0.6) is 11.5 Å². The van der Waals surface area contributed by atoms with Gasteiger partial charge in [0.1, 0.15) is 0 Å². The molecule has 1 unspecified atom stereocenters. The molecular formula is C30H28F6O2. The number of allylic oxidation sites excluding steroid dienone is 2. The monoisotopic (exact) mass is 534 g/mol. The quantitative estimate of drug-likeness (QED) is 0.202. The van der Waals surface area contributed by atoms with Crippen molar-refractivity contribution in [1.82, 2.24) is 0 Å². The molecule has 3 aromatic carbocycles. The molecule has 0 N–H and O–H groups in total.